The zero-order valence-electron chi connectivity index (χ0n) is 14.0. The third kappa shape index (κ3) is 4.18. The number of hydrogen-bond donors (Lipinski definition) is 2. The van der Waals surface area contributed by atoms with Crippen molar-refractivity contribution in [2.75, 3.05) is 11.9 Å². The number of carbonyl (C=O) groups excluding carboxylic acids is 3. The molecular weight excluding hydrogens is 398 g/mol. The predicted octanol–water partition coefficient (Wildman–Crippen LogP) is 3.29. The lowest BCUT2D eigenvalue weighted by Crippen LogP contribution is -2.38. The van der Waals surface area contributed by atoms with Gasteiger partial charge in [-0.15, -0.1) is 0 Å². The van der Waals surface area contributed by atoms with Crippen LogP contribution in [0.15, 0.2) is 58.7 Å². The Labute approximate surface area is 159 Å². The topological polar surface area (TPSA) is 78.5 Å². The van der Waals surface area contributed by atoms with E-state index in [4.69, 9.17) is 0 Å². The molecule has 1 heterocycles. The van der Waals surface area contributed by atoms with E-state index in [2.05, 4.69) is 26.6 Å². The van der Waals surface area contributed by atoms with Crippen LogP contribution in [-0.2, 0) is 9.59 Å². The zero-order chi connectivity index (χ0) is 18.7. The van der Waals surface area contributed by atoms with Gasteiger partial charge in [-0.25, -0.2) is 9.69 Å². The number of halogens is 1. The van der Waals surface area contributed by atoms with Crippen molar-refractivity contribution in [1.29, 1.82) is 0 Å². The zero-order valence-corrected chi connectivity index (χ0v) is 15.5. The van der Waals surface area contributed by atoms with Gasteiger partial charge in [-0.05, 0) is 48.4 Å². The summed E-state index contributed by atoms with van der Waals surface area (Å²) in [5, 5.41) is 5.19. The van der Waals surface area contributed by atoms with Crippen molar-refractivity contribution >= 4 is 45.5 Å². The van der Waals surface area contributed by atoms with E-state index in [1.807, 2.05) is 49.4 Å². The SMILES string of the molecule is Cc1cccc(NC(=O)CN2C(=O)N/C(=C/c3ccc(Br)cc3)C2=O)c1. The molecule has 0 unspecified atom stereocenters. The van der Waals surface area contributed by atoms with Gasteiger partial charge in [0.05, 0.1) is 0 Å². The smallest absolute Gasteiger partial charge is 0.325 e. The molecule has 4 amide bonds. The van der Waals surface area contributed by atoms with E-state index in [-0.39, 0.29) is 12.2 Å². The molecule has 0 aromatic heterocycles. The van der Waals surface area contributed by atoms with Crippen LogP contribution in [0.3, 0.4) is 0 Å². The fraction of sp³-hybridized carbons (Fsp3) is 0.105. The average molecular weight is 414 g/mol. The number of anilines is 1. The number of hydrogen-bond acceptors (Lipinski definition) is 3. The van der Waals surface area contributed by atoms with Gasteiger partial charge < -0.3 is 10.6 Å². The van der Waals surface area contributed by atoms with Crippen LogP contribution < -0.4 is 10.6 Å². The summed E-state index contributed by atoms with van der Waals surface area (Å²) < 4.78 is 0.913. The van der Waals surface area contributed by atoms with Gasteiger partial charge in [0, 0.05) is 10.2 Å². The minimum Gasteiger partial charge on any atom is -0.325 e. The number of benzene rings is 2. The Bertz CT molecular complexity index is 907. The first-order valence-electron chi connectivity index (χ1n) is 7.89. The first-order valence-corrected chi connectivity index (χ1v) is 8.68. The van der Waals surface area contributed by atoms with Crippen molar-refractivity contribution in [2.45, 2.75) is 6.92 Å². The molecular formula is C19H16BrN3O3. The number of nitrogens with one attached hydrogen (secondary N) is 2. The van der Waals surface area contributed by atoms with Crippen LogP contribution in [0.4, 0.5) is 10.5 Å². The maximum absolute atomic E-state index is 12.4. The molecule has 0 saturated carbocycles. The van der Waals surface area contributed by atoms with E-state index in [1.165, 1.54) is 0 Å². The second-order valence-electron chi connectivity index (χ2n) is 5.85. The molecule has 1 fully saturated rings. The molecule has 6 nitrogen and oxygen atoms in total. The summed E-state index contributed by atoms with van der Waals surface area (Å²) >= 11 is 3.34. The standard InChI is InChI=1S/C19H16BrN3O3/c1-12-3-2-4-15(9-12)21-17(24)11-23-18(25)16(22-19(23)26)10-13-5-7-14(20)8-6-13/h2-10H,11H2,1H3,(H,21,24)(H,22,26)/b16-10+. The van der Waals surface area contributed by atoms with E-state index in [1.54, 1.807) is 12.1 Å². The largest absolute Gasteiger partial charge is 0.329 e. The van der Waals surface area contributed by atoms with Gasteiger partial charge in [-0.3, -0.25) is 9.59 Å². The van der Waals surface area contributed by atoms with Crippen molar-refractivity contribution in [3.05, 3.63) is 69.8 Å². The fourth-order valence-electron chi connectivity index (χ4n) is 2.51. The Morgan fingerprint density at radius 2 is 1.92 bits per heavy atom. The number of imide groups is 1. The van der Waals surface area contributed by atoms with Gasteiger partial charge in [0.2, 0.25) is 5.91 Å². The molecule has 0 radical (unpaired) electrons. The molecule has 132 valence electrons. The molecule has 7 heteroatoms. The van der Waals surface area contributed by atoms with E-state index in [9.17, 15) is 14.4 Å². The quantitative estimate of drug-likeness (QED) is 0.596. The number of urea groups is 1. The highest BCUT2D eigenvalue weighted by atomic mass is 79.9. The molecule has 26 heavy (non-hydrogen) atoms. The summed E-state index contributed by atoms with van der Waals surface area (Å²) in [6.07, 6.45) is 1.57. The van der Waals surface area contributed by atoms with Crippen LogP contribution in [0, 0.1) is 6.92 Å². The highest BCUT2D eigenvalue weighted by Crippen LogP contribution is 2.17. The summed E-state index contributed by atoms with van der Waals surface area (Å²) in [4.78, 5) is 37.5. The molecule has 2 aromatic rings. The van der Waals surface area contributed by atoms with Crippen molar-refractivity contribution in [2.24, 2.45) is 0 Å². The van der Waals surface area contributed by atoms with Crippen LogP contribution in [-0.4, -0.2) is 29.3 Å². The van der Waals surface area contributed by atoms with Crippen LogP contribution >= 0.6 is 15.9 Å². The fourth-order valence-corrected chi connectivity index (χ4v) is 2.77. The molecule has 3 rings (SSSR count). The van der Waals surface area contributed by atoms with Crippen LogP contribution in [0.5, 0.6) is 0 Å². The lowest BCUT2D eigenvalue weighted by molar-refractivity contribution is -0.127. The van der Waals surface area contributed by atoms with E-state index < -0.39 is 17.8 Å². The van der Waals surface area contributed by atoms with Gasteiger partial charge in [-0.1, -0.05) is 40.2 Å². The van der Waals surface area contributed by atoms with Crippen LogP contribution in [0.25, 0.3) is 6.08 Å². The number of carbonyl (C=O) groups is 3. The van der Waals surface area contributed by atoms with E-state index >= 15 is 0 Å². The molecule has 1 aliphatic rings. The summed E-state index contributed by atoms with van der Waals surface area (Å²) in [6, 6.07) is 14.0. The predicted molar refractivity (Wildman–Crippen MR) is 102 cm³/mol. The minimum atomic E-state index is -0.613. The molecule has 0 atom stereocenters. The average Bonchev–Trinajstić information content (AvgIpc) is 2.84. The van der Waals surface area contributed by atoms with Crippen molar-refractivity contribution in [1.82, 2.24) is 10.2 Å². The second-order valence-corrected chi connectivity index (χ2v) is 6.76. The third-order valence-electron chi connectivity index (χ3n) is 3.75. The van der Waals surface area contributed by atoms with Gasteiger partial charge in [0.25, 0.3) is 5.91 Å². The Morgan fingerprint density at radius 3 is 2.62 bits per heavy atom. The number of nitrogens with zero attached hydrogens (tertiary/aromatic N) is 1. The first kappa shape index (κ1) is 17.9. The summed E-state index contributed by atoms with van der Waals surface area (Å²) in [6.45, 7) is 1.56. The normalized spacial score (nSPS) is 15.3. The molecule has 2 N–H and O–H groups in total. The molecule has 0 spiro atoms. The summed E-state index contributed by atoms with van der Waals surface area (Å²) in [5.74, 6) is -0.971. The Morgan fingerprint density at radius 1 is 1.19 bits per heavy atom. The van der Waals surface area contributed by atoms with Crippen LogP contribution in [0.2, 0.25) is 0 Å². The maximum atomic E-state index is 12.4. The van der Waals surface area contributed by atoms with E-state index in [0.29, 0.717) is 5.69 Å². The van der Waals surface area contributed by atoms with Gasteiger partial charge in [0.15, 0.2) is 0 Å². The van der Waals surface area contributed by atoms with Crippen molar-refractivity contribution in [3.8, 4) is 0 Å². The first-order chi connectivity index (χ1) is 12.4. The lowest BCUT2D eigenvalue weighted by atomic mass is 10.2. The maximum Gasteiger partial charge on any atom is 0.329 e. The lowest BCUT2D eigenvalue weighted by Gasteiger charge is -2.12. The van der Waals surface area contributed by atoms with Gasteiger partial charge in [0.1, 0.15) is 12.2 Å². The van der Waals surface area contributed by atoms with Gasteiger partial charge >= 0.3 is 6.03 Å². The third-order valence-corrected chi connectivity index (χ3v) is 4.28. The molecule has 0 bridgehead atoms. The Kier molecular flexibility index (Phi) is 5.18. The Hall–Kier alpha value is -2.93. The molecule has 1 aliphatic heterocycles. The molecule has 2 aromatic carbocycles. The summed E-state index contributed by atoms with van der Waals surface area (Å²) in [7, 11) is 0. The van der Waals surface area contributed by atoms with Crippen LogP contribution in [0.1, 0.15) is 11.1 Å². The highest BCUT2D eigenvalue weighted by Gasteiger charge is 2.34. The summed E-state index contributed by atoms with van der Waals surface area (Å²) in [5.41, 5.74) is 2.52. The number of amides is 4. The number of rotatable bonds is 4. The minimum absolute atomic E-state index is 0.140. The molecule has 0 aliphatic carbocycles. The number of aryl methyl sites for hydroxylation is 1. The molecule has 1 saturated heterocycles. The second kappa shape index (κ2) is 7.53. The van der Waals surface area contributed by atoms with Crippen molar-refractivity contribution < 1.29 is 14.4 Å². The Balaban J connectivity index is 1.69. The van der Waals surface area contributed by atoms with E-state index in [0.717, 1.165) is 20.5 Å². The van der Waals surface area contributed by atoms with Crippen molar-refractivity contribution in [3.63, 3.8) is 0 Å². The van der Waals surface area contributed by atoms with Gasteiger partial charge in [-0.2, -0.15) is 0 Å². The monoisotopic (exact) mass is 413 g/mol. The highest BCUT2D eigenvalue weighted by molar-refractivity contribution is 9.10.